The van der Waals surface area contributed by atoms with Gasteiger partial charge in [-0.25, -0.2) is 13.2 Å². The number of fused-ring (bicyclic) bond motifs is 1. The molecule has 0 bridgehead atoms. The van der Waals surface area contributed by atoms with Crippen molar-refractivity contribution in [3.05, 3.63) is 87.0 Å². The van der Waals surface area contributed by atoms with Crippen LogP contribution in [0.4, 0.5) is 0 Å². The van der Waals surface area contributed by atoms with Crippen molar-refractivity contribution < 1.29 is 28.2 Å². The number of carboxylic acid groups (broad SMARTS) is 1. The Morgan fingerprint density at radius 3 is 2.47 bits per heavy atom. The number of nitrogens with zero attached hydrogens (tertiary/aromatic N) is 1. The lowest BCUT2D eigenvalue weighted by atomic mass is 9.95. The Morgan fingerprint density at radius 1 is 1.11 bits per heavy atom. The van der Waals surface area contributed by atoms with E-state index in [2.05, 4.69) is 9.69 Å². The summed E-state index contributed by atoms with van der Waals surface area (Å²) in [5.41, 5.74) is 1.83. The first-order valence-electron chi connectivity index (χ1n) is 11.3. The lowest BCUT2D eigenvalue weighted by molar-refractivity contribution is -0.139. The van der Waals surface area contributed by atoms with Crippen LogP contribution < -0.4 is 5.32 Å². The molecule has 1 heterocycles. The second-order valence-corrected chi connectivity index (χ2v) is 12.4. The van der Waals surface area contributed by atoms with Gasteiger partial charge < -0.3 is 15.5 Å². The van der Waals surface area contributed by atoms with Gasteiger partial charge in [-0.1, -0.05) is 54.4 Å². The Bertz CT molecular complexity index is 1670. The average molecular weight is 594 g/mol. The number of benzene rings is 3. The molecule has 12 heteroatoms. The van der Waals surface area contributed by atoms with Crippen molar-refractivity contribution in [1.29, 1.82) is 0 Å². The van der Waals surface area contributed by atoms with Crippen molar-refractivity contribution >= 4 is 66.5 Å². The molecule has 8 nitrogen and oxygen atoms in total. The minimum Gasteiger partial charge on any atom is -0.508 e. The van der Waals surface area contributed by atoms with Crippen molar-refractivity contribution in [3.63, 3.8) is 0 Å². The Kier molecular flexibility index (Phi) is 7.98. The number of carbonyl (C=O) groups is 2. The fourth-order valence-electron chi connectivity index (χ4n) is 4.07. The number of nitrogens with one attached hydrogen (secondary N) is 1. The Morgan fingerprint density at radius 2 is 1.82 bits per heavy atom. The fourth-order valence-corrected chi connectivity index (χ4v) is 6.38. The number of halogens is 2. The van der Waals surface area contributed by atoms with Gasteiger partial charge in [0.15, 0.2) is 9.84 Å². The second kappa shape index (κ2) is 10.9. The van der Waals surface area contributed by atoms with Crippen LogP contribution in [-0.4, -0.2) is 47.2 Å². The molecule has 4 aromatic rings. The zero-order valence-corrected chi connectivity index (χ0v) is 23.2. The molecule has 38 heavy (non-hydrogen) atoms. The van der Waals surface area contributed by atoms with Gasteiger partial charge in [-0.05, 0) is 53.0 Å². The molecule has 0 saturated carbocycles. The molecule has 3 aromatic carbocycles. The van der Waals surface area contributed by atoms with Crippen LogP contribution in [0, 0.1) is 0 Å². The molecule has 198 valence electrons. The van der Waals surface area contributed by atoms with E-state index in [1.165, 1.54) is 18.2 Å². The smallest absolute Gasteiger partial charge is 0.326 e. The predicted octanol–water partition coefficient (Wildman–Crippen LogP) is 5.29. The Balaban J connectivity index is 1.64. The van der Waals surface area contributed by atoms with Crippen LogP contribution in [0.2, 0.25) is 10.0 Å². The van der Waals surface area contributed by atoms with Gasteiger partial charge in [0.1, 0.15) is 11.8 Å². The van der Waals surface area contributed by atoms with Crippen LogP contribution in [0.3, 0.4) is 0 Å². The van der Waals surface area contributed by atoms with E-state index in [0.717, 1.165) is 23.4 Å². The molecule has 0 spiro atoms. The third kappa shape index (κ3) is 5.78. The first-order valence-corrected chi connectivity index (χ1v) is 14.7. The fraction of sp³-hybridized carbons (Fsp3) is 0.192. The predicted molar refractivity (Wildman–Crippen MR) is 147 cm³/mol. The maximum absolute atomic E-state index is 13.2. The summed E-state index contributed by atoms with van der Waals surface area (Å²) in [4.78, 5) is 25.2. The van der Waals surface area contributed by atoms with Crippen LogP contribution in [0.25, 0.3) is 10.1 Å². The largest absolute Gasteiger partial charge is 0.508 e. The summed E-state index contributed by atoms with van der Waals surface area (Å²) in [5.74, 6) is -2.18. The van der Waals surface area contributed by atoms with Crippen molar-refractivity contribution in [2.45, 2.75) is 30.2 Å². The summed E-state index contributed by atoms with van der Waals surface area (Å²) >= 11 is 14.2. The molecule has 0 fully saturated rings. The Hall–Kier alpha value is -3.18. The number of carbonyl (C=O) groups excluding carboxylic acids is 1. The highest BCUT2D eigenvalue weighted by atomic mass is 35.5. The topological polar surface area (TPSA) is 134 Å². The maximum Gasteiger partial charge on any atom is 0.326 e. The van der Waals surface area contributed by atoms with Gasteiger partial charge in [-0.2, -0.15) is 4.37 Å². The minimum atomic E-state index is -3.49. The van der Waals surface area contributed by atoms with Crippen LogP contribution >= 0.6 is 34.7 Å². The van der Waals surface area contributed by atoms with Crippen molar-refractivity contribution in [3.8, 4) is 5.75 Å². The monoisotopic (exact) mass is 592 g/mol. The van der Waals surface area contributed by atoms with Crippen LogP contribution in [0.1, 0.15) is 40.0 Å². The summed E-state index contributed by atoms with van der Waals surface area (Å²) in [5, 5.41) is 22.7. The maximum atomic E-state index is 13.2. The van der Waals surface area contributed by atoms with Gasteiger partial charge in [-0.3, -0.25) is 4.79 Å². The van der Waals surface area contributed by atoms with Gasteiger partial charge >= 0.3 is 5.97 Å². The van der Waals surface area contributed by atoms with Crippen LogP contribution in [0.5, 0.6) is 5.75 Å². The number of amides is 1. The quantitative estimate of drug-likeness (QED) is 0.253. The lowest BCUT2D eigenvalue weighted by Gasteiger charge is -2.17. The molecule has 1 aromatic heterocycles. The number of aliphatic carboxylic acids is 1. The molecule has 0 saturated heterocycles. The van der Waals surface area contributed by atoms with E-state index >= 15 is 0 Å². The number of aromatic nitrogens is 1. The zero-order valence-electron chi connectivity index (χ0n) is 20.1. The third-order valence-corrected chi connectivity index (χ3v) is 8.85. The number of hydrogen-bond donors (Lipinski definition) is 3. The van der Waals surface area contributed by atoms with Crippen LogP contribution in [-0.2, 0) is 21.1 Å². The van der Waals surface area contributed by atoms with Gasteiger partial charge in [0, 0.05) is 24.0 Å². The molecule has 4 rings (SSSR count). The highest BCUT2D eigenvalue weighted by Crippen LogP contribution is 2.40. The summed E-state index contributed by atoms with van der Waals surface area (Å²) in [6, 6.07) is 12.9. The van der Waals surface area contributed by atoms with Gasteiger partial charge in [-0.15, -0.1) is 0 Å². The normalized spacial score (nSPS) is 13.3. The number of rotatable bonds is 8. The summed E-state index contributed by atoms with van der Waals surface area (Å²) < 4.78 is 28.7. The molecule has 2 atom stereocenters. The van der Waals surface area contributed by atoms with E-state index in [4.69, 9.17) is 23.2 Å². The van der Waals surface area contributed by atoms with Gasteiger partial charge in [0.2, 0.25) is 0 Å². The molecule has 0 aliphatic heterocycles. The van der Waals surface area contributed by atoms with Gasteiger partial charge in [0.05, 0.1) is 30.9 Å². The number of carboxylic acids is 1. The number of hydrogen-bond acceptors (Lipinski definition) is 7. The number of aromatic hydroxyl groups is 1. The molecule has 2 unspecified atom stereocenters. The third-order valence-electron chi connectivity index (χ3n) is 6.06. The van der Waals surface area contributed by atoms with E-state index in [-0.39, 0.29) is 38.6 Å². The number of sulfone groups is 1. The summed E-state index contributed by atoms with van der Waals surface area (Å²) in [6.07, 6.45) is 0.895. The molecular formula is C26H22Cl2N2O6S2. The summed E-state index contributed by atoms with van der Waals surface area (Å²) in [6.45, 7) is 1.92. The molecule has 0 radical (unpaired) electrons. The molecule has 3 N–H and O–H groups in total. The molecule has 0 aliphatic carbocycles. The second-order valence-electron chi connectivity index (χ2n) is 8.80. The Labute approximate surface area is 232 Å². The molecular weight excluding hydrogens is 571 g/mol. The number of phenols is 1. The first-order chi connectivity index (χ1) is 17.9. The molecule has 0 aliphatic rings. The first kappa shape index (κ1) is 27.8. The number of phenolic OH excluding ortho intramolecular Hbond substituents is 1. The SMILES string of the molecule is CC(c1cccc(O)c1)c1nsc2c(Cl)c(C(=O)NC(Cc3cccc(S(C)(=O)=O)c3)C(=O)O)c(Cl)cc12. The van der Waals surface area contributed by atoms with Crippen molar-refractivity contribution in [1.82, 2.24) is 9.69 Å². The van der Waals surface area contributed by atoms with Crippen LogP contribution in [0.15, 0.2) is 59.5 Å². The van der Waals surface area contributed by atoms with Gasteiger partial charge in [0.25, 0.3) is 5.91 Å². The standard InChI is InChI=1S/C26H22Cl2N2O6S2/c1-13(15-6-4-7-16(31)11-15)23-18-12-19(27)21(22(28)24(18)37-30-23)25(32)29-20(26(33)34)10-14-5-3-8-17(9-14)38(2,35)36/h3-9,11-13,20,31H,10H2,1-2H3,(H,29,32)(H,33,34). The highest BCUT2D eigenvalue weighted by Gasteiger charge is 2.27. The summed E-state index contributed by atoms with van der Waals surface area (Å²) in [7, 11) is -3.49. The van der Waals surface area contributed by atoms with Crippen molar-refractivity contribution in [2.24, 2.45) is 0 Å². The van der Waals surface area contributed by atoms with E-state index in [0.29, 0.717) is 21.3 Å². The molecule has 1 amide bonds. The van der Waals surface area contributed by atoms with E-state index in [1.807, 2.05) is 13.0 Å². The van der Waals surface area contributed by atoms with E-state index < -0.39 is 27.8 Å². The van der Waals surface area contributed by atoms with E-state index in [1.54, 1.807) is 30.3 Å². The minimum absolute atomic E-state index is 0.0211. The highest BCUT2D eigenvalue weighted by molar-refractivity contribution is 7.90. The average Bonchev–Trinajstić information content (AvgIpc) is 3.26. The van der Waals surface area contributed by atoms with Crippen molar-refractivity contribution in [2.75, 3.05) is 6.26 Å². The lowest BCUT2D eigenvalue weighted by Crippen LogP contribution is -2.42. The zero-order chi connectivity index (χ0) is 27.8. The van der Waals surface area contributed by atoms with E-state index in [9.17, 15) is 28.2 Å².